The molecule has 0 aromatic heterocycles. The van der Waals surface area contributed by atoms with Crippen LogP contribution in [0.2, 0.25) is 5.02 Å². The molecule has 28 heavy (non-hydrogen) atoms. The predicted octanol–water partition coefficient (Wildman–Crippen LogP) is 5.03. The van der Waals surface area contributed by atoms with Crippen LogP contribution in [0.3, 0.4) is 0 Å². The molecule has 0 radical (unpaired) electrons. The van der Waals surface area contributed by atoms with Gasteiger partial charge < -0.3 is 19.3 Å². The van der Waals surface area contributed by atoms with Gasteiger partial charge in [-0.15, -0.1) is 12.4 Å². The maximum Gasteiger partial charge on any atom is 0.414 e. The van der Waals surface area contributed by atoms with Gasteiger partial charge in [-0.25, -0.2) is 9.18 Å². The molecular weight excluding hydrogens is 406 g/mol. The first-order valence-corrected chi connectivity index (χ1v) is 8.89. The molecule has 0 bridgehead atoms. The molecule has 0 spiro atoms. The molecule has 1 unspecified atom stereocenters. The highest BCUT2D eigenvalue weighted by Crippen LogP contribution is 2.27. The van der Waals surface area contributed by atoms with Crippen LogP contribution in [0.15, 0.2) is 42.5 Å². The molecule has 2 aromatic rings. The molecule has 2 aromatic carbocycles. The highest BCUT2D eigenvalue weighted by atomic mass is 35.5. The van der Waals surface area contributed by atoms with E-state index in [0.29, 0.717) is 24.5 Å². The van der Waals surface area contributed by atoms with Gasteiger partial charge in [0.15, 0.2) is 0 Å². The van der Waals surface area contributed by atoms with Gasteiger partial charge in [-0.2, -0.15) is 0 Å². The molecule has 0 aliphatic heterocycles. The molecule has 0 fully saturated rings. The van der Waals surface area contributed by atoms with E-state index in [1.54, 1.807) is 26.2 Å². The molecule has 154 valence electrons. The lowest BCUT2D eigenvalue weighted by Gasteiger charge is -2.25. The van der Waals surface area contributed by atoms with Crippen LogP contribution >= 0.6 is 24.0 Å². The predicted molar refractivity (Wildman–Crippen MR) is 111 cm³/mol. The molecule has 0 saturated carbocycles. The molecule has 0 N–H and O–H groups in total. The molecule has 1 atom stereocenters. The standard InChI is InChI=1S/C20H24ClFN2O3.ClH/c1-23(2)19(10-11-26-15-8-9-18(22)17(21)13-15)14-6-5-7-16(12-14)27-20(25)24(3)4;/h5-9,12-13,19H,10-11H2,1-4H3;1H. The van der Waals surface area contributed by atoms with Gasteiger partial charge in [0.1, 0.15) is 17.3 Å². The van der Waals surface area contributed by atoms with E-state index in [4.69, 9.17) is 21.1 Å². The van der Waals surface area contributed by atoms with E-state index < -0.39 is 11.9 Å². The summed E-state index contributed by atoms with van der Waals surface area (Å²) in [6.45, 7) is 0.423. The van der Waals surface area contributed by atoms with Crippen LogP contribution in [0.5, 0.6) is 11.5 Å². The smallest absolute Gasteiger partial charge is 0.414 e. The van der Waals surface area contributed by atoms with Crippen LogP contribution in [-0.4, -0.2) is 50.7 Å². The van der Waals surface area contributed by atoms with Crippen LogP contribution < -0.4 is 9.47 Å². The number of amides is 1. The second kappa shape index (κ2) is 11.1. The molecule has 0 saturated heterocycles. The third-order valence-electron chi connectivity index (χ3n) is 3.99. The van der Waals surface area contributed by atoms with Crippen molar-refractivity contribution in [3.63, 3.8) is 0 Å². The monoisotopic (exact) mass is 430 g/mol. The van der Waals surface area contributed by atoms with E-state index in [-0.39, 0.29) is 23.5 Å². The number of hydrogen-bond donors (Lipinski definition) is 0. The number of ether oxygens (including phenoxy) is 2. The SMILES string of the molecule is CN(C)C(=O)Oc1cccc(C(CCOc2ccc(F)c(Cl)c2)N(C)C)c1.Cl. The minimum absolute atomic E-state index is 0. The molecule has 8 heteroatoms. The quantitative estimate of drug-likeness (QED) is 0.617. The molecule has 2 rings (SSSR count). The van der Waals surface area contributed by atoms with E-state index >= 15 is 0 Å². The third-order valence-corrected chi connectivity index (χ3v) is 4.28. The zero-order valence-corrected chi connectivity index (χ0v) is 17.9. The van der Waals surface area contributed by atoms with Gasteiger partial charge in [0.25, 0.3) is 0 Å². The summed E-state index contributed by atoms with van der Waals surface area (Å²) < 4.78 is 24.3. The maximum absolute atomic E-state index is 13.2. The average Bonchev–Trinajstić information content (AvgIpc) is 2.61. The zero-order chi connectivity index (χ0) is 20.0. The number of nitrogens with zero attached hydrogens (tertiary/aromatic N) is 2. The Kier molecular flexibility index (Phi) is 9.52. The number of carbonyl (C=O) groups excluding carboxylic acids is 1. The van der Waals surface area contributed by atoms with E-state index in [9.17, 15) is 9.18 Å². The fraction of sp³-hybridized carbons (Fsp3) is 0.350. The summed E-state index contributed by atoms with van der Waals surface area (Å²) in [7, 11) is 7.21. The van der Waals surface area contributed by atoms with Gasteiger partial charge in [-0.3, -0.25) is 0 Å². The van der Waals surface area contributed by atoms with Gasteiger partial charge in [0, 0.05) is 32.6 Å². The Bertz CT molecular complexity index is 788. The molecule has 0 heterocycles. The zero-order valence-electron chi connectivity index (χ0n) is 16.3. The molecule has 1 amide bonds. The summed E-state index contributed by atoms with van der Waals surface area (Å²) in [5, 5.41) is 0.0343. The first kappa shape index (κ1) is 24.0. The Labute approximate surface area is 176 Å². The van der Waals surface area contributed by atoms with Crippen LogP contribution in [-0.2, 0) is 0 Å². The number of halogens is 3. The van der Waals surface area contributed by atoms with Crippen molar-refractivity contribution in [3.8, 4) is 11.5 Å². The summed E-state index contributed by atoms with van der Waals surface area (Å²) >= 11 is 5.77. The first-order chi connectivity index (χ1) is 12.8. The van der Waals surface area contributed by atoms with Crippen molar-refractivity contribution >= 4 is 30.1 Å². The largest absolute Gasteiger partial charge is 0.493 e. The maximum atomic E-state index is 13.2. The number of hydrogen-bond acceptors (Lipinski definition) is 4. The second-order valence-corrected chi connectivity index (χ2v) is 6.93. The van der Waals surface area contributed by atoms with Crippen molar-refractivity contribution in [2.75, 3.05) is 34.8 Å². The van der Waals surface area contributed by atoms with Crippen LogP contribution in [0.25, 0.3) is 0 Å². The van der Waals surface area contributed by atoms with E-state index in [2.05, 4.69) is 4.90 Å². The molecular formula is C20H25Cl2FN2O3. The number of carbonyl (C=O) groups is 1. The van der Waals surface area contributed by atoms with Crippen molar-refractivity contribution in [2.45, 2.75) is 12.5 Å². The summed E-state index contributed by atoms with van der Waals surface area (Å²) in [5.74, 6) is 0.538. The van der Waals surface area contributed by atoms with Crippen molar-refractivity contribution < 1.29 is 18.7 Å². The minimum Gasteiger partial charge on any atom is -0.493 e. The normalized spacial score (nSPS) is 11.5. The van der Waals surface area contributed by atoms with Crippen molar-refractivity contribution in [2.24, 2.45) is 0 Å². The topological polar surface area (TPSA) is 42.0 Å². The van der Waals surface area contributed by atoms with Gasteiger partial charge in [0.2, 0.25) is 0 Å². The summed E-state index contributed by atoms with van der Waals surface area (Å²) in [5.41, 5.74) is 1.00. The van der Waals surface area contributed by atoms with Crippen molar-refractivity contribution in [1.82, 2.24) is 9.80 Å². The van der Waals surface area contributed by atoms with Crippen LogP contribution in [0.1, 0.15) is 18.0 Å². The Morgan fingerprint density at radius 2 is 1.82 bits per heavy atom. The fourth-order valence-corrected chi connectivity index (χ4v) is 2.73. The first-order valence-electron chi connectivity index (χ1n) is 8.51. The average molecular weight is 431 g/mol. The Hall–Kier alpha value is -2.02. The number of rotatable bonds is 7. The van der Waals surface area contributed by atoms with E-state index in [1.807, 2.05) is 32.3 Å². The third kappa shape index (κ3) is 6.86. The summed E-state index contributed by atoms with van der Waals surface area (Å²) in [4.78, 5) is 15.2. The minimum atomic E-state index is -0.473. The fourth-order valence-electron chi connectivity index (χ4n) is 2.56. The lowest BCUT2D eigenvalue weighted by Crippen LogP contribution is -2.25. The molecule has 0 aliphatic carbocycles. The van der Waals surface area contributed by atoms with Gasteiger partial charge in [0.05, 0.1) is 11.6 Å². The van der Waals surface area contributed by atoms with Crippen LogP contribution in [0.4, 0.5) is 9.18 Å². The van der Waals surface area contributed by atoms with Gasteiger partial charge in [-0.1, -0.05) is 23.7 Å². The Morgan fingerprint density at radius 3 is 2.43 bits per heavy atom. The van der Waals surface area contributed by atoms with E-state index in [0.717, 1.165) is 5.56 Å². The summed E-state index contributed by atoms with van der Waals surface area (Å²) in [6.07, 6.45) is 0.262. The van der Waals surface area contributed by atoms with Crippen LogP contribution in [0, 0.1) is 5.82 Å². The lowest BCUT2D eigenvalue weighted by molar-refractivity contribution is 0.171. The van der Waals surface area contributed by atoms with E-state index in [1.165, 1.54) is 17.0 Å². The number of benzene rings is 2. The van der Waals surface area contributed by atoms with Crippen molar-refractivity contribution in [1.29, 1.82) is 0 Å². The second-order valence-electron chi connectivity index (χ2n) is 6.53. The highest BCUT2D eigenvalue weighted by Gasteiger charge is 2.16. The Balaban J connectivity index is 0.00000392. The summed E-state index contributed by atoms with van der Waals surface area (Å²) in [6, 6.07) is 11.8. The Morgan fingerprint density at radius 1 is 1.11 bits per heavy atom. The van der Waals surface area contributed by atoms with Crippen molar-refractivity contribution in [3.05, 3.63) is 58.9 Å². The molecule has 5 nitrogen and oxygen atoms in total. The highest BCUT2D eigenvalue weighted by molar-refractivity contribution is 6.30. The van der Waals surface area contributed by atoms with Gasteiger partial charge in [-0.05, 0) is 43.9 Å². The van der Waals surface area contributed by atoms with Gasteiger partial charge >= 0.3 is 6.09 Å². The molecule has 0 aliphatic rings. The lowest BCUT2D eigenvalue weighted by atomic mass is 10.0.